The number of rotatable bonds is 7. The third-order valence-corrected chi connectivity index (χ3v) is 4.85. The van der Waals surface area contributed by atoms with Gasteiger partial charge in [-0.25, -0.2) is 0 Å². The van der Waals surface area contributed by atoms with Crippen molar-refractivity contribution in [3.63, 3.8) is 0 Å². The number of ether oxygens (including phenoxy) is 1. The predicted octanol–water partition coefficient (Wildman–Crippen LogP) is 3.22. The van der Waals surface area contributed by atoms with Crippen molar-refractivity contribution in [2.45, 2.75) is 39.0 Å². The Labute approximate surface area is 144 Å². The number of para-hydroxylation sites is 1. The number of nitrogens with one attached hydrogen (secondary N) is 1. The second-order valence-electron chi connectivity index (χ2n) is 6.41. The number of hydrogen-bond donors (Lipinski definition) is 1. The van der Waals surface area contributed by atoms with Crippen LogP contribution in [0.4, 0.5) is 0 Å². The van der Waals surface area contributed by atoms with Gasteiger partial charge >= 0.3 is 0 Å². The SMILES string of the molecule is CCC(C)(CCNC(=O)c1cc(C)n(C)n1)c1ccccc1OC. The van der Waals surface area contributed by atoms with Crippen molar-refractivity contribution in [3.8, 4) is 5.75 Å². The summed E-state index contributed by atoms with van der Waals surface area (Å²) < 4.78 is 7.21. The first kappa shape index (κ1) is 18.0. The molecule has 0 aliphatic heterocycles. The Hall–Kier alpha value is -2.30. The van der Waals surface area contributed by atoms with Crippen LogP contribution in [0.1, 0.15) is 48.4 Å². The zero-order valence-electron chi connectivity index (χ0n) is 15.2. The summed E-state index contributed by atoms with van der Waals surface area (Å²) in [6, 6.07) is 9.89. The van der Waals surface area contributed by atoms with Gasteiger partial charge in [0.1, 0.15) is 11.4 Å². The predicted molar refractivity (Wildman–Crippen MR) is 95.5 cm³/mol. The second-order valence-corrected chi connectivity index (χ2v) is 6.41. The molecule has 0 fully saturated rings. The number of amides is 1. The second kappa shape index (κ2) is 7.51. The van der Waals surface area contributed by atoms with Gasteiger partial charge in [-0.1, -0.05) is 32.0 Å². The summed E-state index contributed by atoms with van der Waals surface area (Å²) in [5, 5.41) is 7.20. The fraction of sp³-hybridized carbons (Fsp3) is 0.474. The van der Waals surface area contributed by atoms with Crippen LogP contribution in [0.15, 0.2) is 30.3 Å². The molecule has 0 spiro atoms. The topological polar surface area (TPSA) is 56.2 Å². The molecule has 0 bridgehead atoms. The molecule has 0 saturated carbocycles. The third kappa shape index (κ3) is 3.78. The summed E-state index contributed by atoms with van der Waals surface area (Å²) in [6.45, 7) is 6.90. The summed E-state index contributed by atoms with van der Waals surface area (Å²) in [5.41, 5.74) is 2.55. The number of carbonyl (C=O) groups excluding carboxylic acids is 1. The molecule has 130 valence electrons. The van der Waals surface area contributed by atoms with E-state index in [4.69, 9.17) is 4.74 Å². The lowest BCUT2D eigenvalue weighted by molar-refractivity contribution is 0.0945. The Balaban J connectivity index is 2.04. The van der Waals surface area contributed by atoms with Crippen LogP contribution in [-0.2, 0) is 12.5 Å². The molecule has 1 aromatic heterocycles. The van der Waals surface area contributed by atoms with Crippen LogP contribution in [-0.4, -0.2) is 29.3 Å². The fourth-order valence-electron chi connectivity index (χ4n) is 2.86. The monoisotopic (exact) mass is 329 g/mol. The van der Waals surface area contributed by atoms with Gasteiger partial charge in [0.15, 0.2) is 0 Å². The normalized spacial score (nSPS) is 13.4. The van der Waals surface area contributed by atoms with Crippen molar-refractivity contribution in [2.75, 3.05) is 13.7 Å². The molecule has 1 amide bonds. The lowest BCUT2D eigenvalue weighted by Crippen LogP contribution is -2.31. The van der Waals surface area contributed by atoms with Crippen molar-refractivity contribution in [1.29, 1.82) is 0 Å². The molecule has 1 unspecified atom stereocenters. The maximum Gasteiger partial charge on any atom is 0.271 e. The van der Waals surface area contributed by atoms with Crippen molar-refractivity contribution < 1.29 is 9.53 Å². The quantitative estimate of drug-likeness (QED) is 0.848. The van der Waals surface area contributed by atoms with E-state index in [9.17, 15) is 4.79 Å². The van der Waals surface area contributed by atoms with Crippen LogP contribution in [0.3, 0.4) is 0 Å². The van der Waals surface area contributed by atoms with Gasteiger partial charge in [0.05, 0.1) is 7.11 Å². The molecule has 0 radical (unpaired) electrons. The number of nitrogens with zero attached hydrogens (tertiary/aromatic N) is 2. The van der Waals surface area contributed by atoms with Crippen molar-refractivity contribution in [1.82, 2.24) is 15.1 Å². The van der Waals surface area contributed by atoms with E-state index in [-0.39, 0.29) is 11.3 Å². The van der Waals surface area contributed by atoms with Crippen LogP contribution < -0.4 is 10.1 Å². The summed E-state index contributed by atoms with van der Waals surface area (Å²) in [5.74, 6) is 0.769. The molecule has 0 saturated heterocycles. The van der Waals surface area contributed by atoms with Gasteiger partial charge in [0.25, 0.3) is 5.91 Å². The van der Waals surface area contributed by atoms with Gasteiger partial charge in [-0.3, -0.25) is 9.48 Å². The zero-order valence-corrected chi connectivity index (χ0v) is 15.2. The minimum absolute atomic E-state index is 0.0556. The van der Waals surface area contributed by atoms with E-state index in [0.717, 1.165) is 24.3 Å². The first-order valence-corrected chi connectivity index (χ1v) is 8.33. The van der Waals surface area contributed by atoms with Gasteiger partial charge in [-0.2, -0.15) is 5.10 Å². The van der Waals surface area contributed by atoms with E-state index in [0.29, 0.717) is 12.2 Å². The maximum atomic E-state index is 12.2. The van der Waals surface area contributed by atoms with Gasteiger partial charge < -0.3 is 10.1 Å². The van der Waals surface area contributed by atoms with Crippen LogP contribution in [0, 0.1) is 6.92 Å². The Morgan fingerprint density at radius 2 is 2.08 bits per heavy atom. The lowest BCUT2D eigenvalue weighted by atomic mass is 9.77. The van der Waals surface area contributed by atoms with E-state index in [1.165, 1.54) is 5.56 Å². The molecule has 2 rings (SSSR count). The molecule has 1 N–H and O–H groups in total. The van der Waals surface area contributed by atoms with E-state index in [2.05, 4.69) is 30.3 Å². The Morgan fingerprint density at radius 1 is 1.38 bits per heavy atom. The van der Waals surface area contributed by atoms with Crippen LogP contribution in [0.25, 0.3) is 0 Å². The van der Waals surface area contributed by atoms with Crippen LogP contribution >= 0.6 is 0 Å². The molecule has 0 aliphatic carbocycles. The first-order chi connectivity index (χ1) is 11.4. The first-order valence-electron chi connectivity index (χ1n) is 8.33. The van der Waals surface area contributed by atoms with Crippen LogP contribution in [0.2, 0.25) is 0 Å². The van der Waals surface area contributed by atoms with E-state index in [1.54, 1.807) is 17.9 Å². The third-order valence-electron chi connectivity index (χ3n) is 4.85. The smallest absolute Gasteiger partial charge is 0.271 e. The number of aromatic nitrogens is 2. The number of aryl methyl sites for hydroxylation is 2. The van der Waals surface area contributed by atoms with Crippen molar-refractivity contribution in [3.05, 3.63) is 47.3 Å². The highest BCUT2D eigenvalue weighted by Crippen LogP contribution is 2.36. The molecule has 0 aliphatic rings. The summed E-state index contributed by atoms with van der Waals surface area (Å²) >= 11 is 0. The van der Waals surface area contributed by atoms with E-state index in [1.807, 2.05) is 32.2 Å². The molecular formula is C19H27N3O2. The molecule has 1 heterocycles. The minimum Gasteiger partial charge on any atom is -0.496 e. The van der Waals surface area contributed by atoms with Crippen molar-refractivity contribution in [2.24, 2.45) is 7.05 Å². The number of methoxy groups -OCH3 is 1. The Morgan fingerprint density at radius 3 is 2.67 bits per heavy atom. The van der Waals surface area contributed by atoms with E-state index >= 15 is 0 Å². The van der Waals surface area contributed by atoms with Crippen molar-refractivity contribution >= 4 is 5.91 Å². The number of benzene rings is 1. The maximum absolute atomic E-state index is 12.2. The summed E-state index contributed by atoms with van der Waals surface area (Å²) in [6.07, 6.45) is 1.80. The van der Waals surface area contributed by atoms with Gasteiger partial charge in [0, 0.05) is 24.8 Å². The average Bonchev–Trinajstić information content (AvgIpc) is 2.93. The Kier molecular flexibility index (Phi) is 5.65. The molecule has 5 nitrogen and oxygen atoms in total. The highest BCUT2D eigenvalue weighted by molar-refractivity contribution is 5.92. The van der Waals surface area contributed by atoms with Crippen LogP contribution in [0.5, 0.6) is 5.75 Å². The highest BCUT2D eigenvalue weighted by atomic mass is 16.5. The van der Waals surface area contributed by atoms with Gasteiger partial charge in [-0.15, -0.1) is 0 Å². The molecule has 24 heavy (non-hydrogen) atoms. The number of hydrogen-bond acceptors (Lipinski definition) is 3. The molecular weight excluding hydrogens is 302 g/mol. The fourth-order valence-corrected chi connectivity index (χ4v) is 2.86. The minimum atomic E-state index is -0.128. The average molecular weight is 329 g/mol. The largest absolute Gasteiger partial charge is 0.496 e. The van der Waals surface area contributed by atoms with Gasteiger partial charge in [0.2, 0.25) is 0 Å². The van der Waals surface area contributed by atoms with E-state index < -0.39 is 0 Å². The number of carbonyl (C=O) groups is 1. The molecule has 1 atom stereocenters. The highest BCUT2D eigenvalue weighted by Gasteiger charge is 2.27. The summed E-state index contributed by atoms with van der Waals surface area (Å²) in [4.78, 5) is 12.2. The van der Waals surface area contributed by atoms with Gasteiger partial charge in [-0.05, 0) is 37.3 Å². The Bertz CT molecular complexity index is 689. The standard InChI is InChI=1S/C19H27N3O2/c1-6-19(3,15-9-7-8-10-17(15)24-5)11-12-20-18(23)16-13-14(2)22(4)21-16/h7-10,13H,6,11-12H2,1-5H3,(H,20,23). The lowest BCUT2D eigenvalue weighted by Gasteiger charge is -2.30. The zero-order chi connectivity index (χ0) is 17.7. The molecule has 5 heteroatoms. The summed E-state index contributed by atoms with van der Waals surface area (Å²) in [7, 11) is 3.53. The molecule has 1 aromatic carbocycles. The molecule has 2 aromatic rings.